The van der Waals surface area contributed by atoms with Crippen LogP contribution in [0, 0.1) is 5.92 Å². The molecule has 0 aromatic rings. The average Bonchev–Trinajstić information content (AvgIpc) is 3.08. The number of rotatable bonds is 6. The molecule has 2 fully saturated rings. The highest BCUT2D eigenvalue weighted by molar-refractivity contribution is 4.80. The van der Waals surface area contributed by atoms with E-state index >= 15 is 0 Å². The molecule has 2 atom stereocenters. The zero-order valence-corrected chi connectivity index (χ0v) is 10.1. The third-order valence-electron chi connectivity index (χ3n) is 3.50. The van der Waals surface area contributed by atoms with E-state index in [0.29, 0.717) is 13.2 Å². The Kier molecular flexibility index (Phi) is 4.58. The second-order valence-electron chi connectivity index (χ2n) is 5.00. The summed E-state index contributed by atoms with van der Waals surface area (Å²) in [5.41, 5.74) is 0. The number of aliphatic hydroxyl groups is 1. The molecule has 1 saturated heterocycles. The maximum atomic E-state index is 9.83. The van der Waals surface area contributed by atoms with E-state index in [-0.39, 0.29) is 12.1 Å². The molecule has 0 bridgehead atoms. The zero-order chi connectivity index (χ0) is 11.4. The molecule has 4 heteroatoms. The van der Waals surface area contributed by atoms with Crippen molar-refractivity contribution in [1.29, 1.82) is 0 Å². The van der Waals surface area contributed by atoms with Crippen LogP contribution in [0.2, 0.25) is 0 Å². The van der Waals surface area contributed by atoms with Crippen LogP contribution < -0.4 is 0 Å². The molecule has 16 heavy (non-hydrogen) atoms. The molecular weight excluding hydrogens is 206 g/mol. The van der Waals surface area contributed by atoms with Gasteiger partial charge in [-0.15, -0.1) is 0 Å². The van der Waals surface area contributed by atoms with Crippen molar-refractivity contribution in [3.63, 3.8) is 0 Å². The van der Waals surface area contributed by atoms with Gasteiger partial charge in [-0.05, 0) is 32.2 Å². The molecule has 1 heterocycles. The van der Waals surface area contributed by atoms with E-state index < -0.39 is 0 Å². The molecule has 4 nitrogen and oxygen atoms in total. The van der Waals surface area contributed by atoms with E-state index in [1.165, 1.54) is 12.8 Å². The molecule has 1 saturated carbocycles. The Labute approximate surface area is 97.5 Å². The molecule has 0 radical (unpaired) electrons. The summed E-state index contributed by atoms with van der Waals surface area (Å²) >= 11 is 0. The van der Waals surface area contributed by atoms with E-state index in [1.54, 1.807) is 0 Å². The van der Waals surface area contributed by atoms with E-state index in [4.69, 9.17) is 9.47 Å². The van der Waals surface area contributed by atoms with E-state index in [1.807, 2.05) is 7.05 Å². The first-order valence-electron chi connectivity index (χ1n) is 6.31. The number of hydrogen-bond acceptors (Lipinski definition) is 4. The summed E-state index contributed by atoms with van der Waals surface area (Å²) < 4.78 is 11.0. The minimum Gasteiger partial charge on any atom is -0.391 e. The van der Waals surface area contributed by atoms with E-state index in [9.17, 15) is 5.11 Å². The van der Waals surface area contributed by atoms with Crippen molar-refractivity contribution in [2.45, 2.75) is 31.4 Å². The average molecular weight is 229 g/mol. The summed E-state index contributed by atoms with van der Waals surface area (Å²) in [4.78, 5) is 2.15. The number of nitrogens with zero attached hydrogens (tertiary/aromatic N) is 1. The number of ether oxygens (including phenoxy) is 2. The topological polar surface area (TPSA) is 41.9 Å². The van der Waals surface area contributed by atoms with Gasteiger partial charge in [-0.25, -0.2) is 0 Å². The summed E-state index contributed by atoms with van der Waals surface area (Å²) in [6, 6.07) is 0.137. The fourth-order valence-corrected chi connectivity index (χ4v) is 2.04. The highest BCUT2D eigenvalue weighted by Crippen LogP contribution is 2.28. The molecule has 2 unspecified atom stereocenters. The van der Waals surface area contributed by atoms with Crippen LogP contribution in [0.15, 0.2) is 0 Å². The highest BCUT2D eigenvalue weighted by Gasteiger charge is 2.27. The molecule has 2 aliphatic rings. The van der Waals surface area contributed by atoms with Crippen LogP contribution in [0.4, 0.5) is 0 Å². The normalized spacial score (nSPS) is 30.9. The van der Waals surface area contributed by atoms with Crippen LogP contribution in [-0.2, 0) is 9.47 Å². The largest absolute Gasteiger partial charge is 0.391 e. The van der Waals surface area contributed by atoms with Gasteiger partial charge in [0.1, 0.15) is 0 Å². The van der Waals surface area contributed by atoms with Crippen molar-refractivity contribution in [3.8, 4) is 0 Å². The standard InChI is InChI=1S/C12H23NO3/c1-13(5-7-16-8-10-2-3-10)11-9-15-6-4-12(11)14/h10-12,14H,2-9H2,1H3. The maximum Gasteiger partial charge on any atom is 0.0739 e. The van der Waals surface area contributed by atoms with Gasteiger partial charge >= 0.3 is 0 Å². The van der Waals surface area contributed by atoms with Crippen molar-refractivity contribution >= 4 is 0 Å². The molecule has 0 aromatic heterocycles. The van der Waals surface area contributed by atoms with Gasteiger partial charge in [0.05, 0.1) is 25.4 Å². The highest BCUT2D eigenvalue weighted by atomic mass is 16.5. The SMILES string of the molecule is CN(CCOCC1CC1)C1COCCC1O. The van der Waals surface area contributed by atoms with Crippen LogP contribution in [0.25, 0.3) is 0 Å². The summed E-state index contributed by atoms with van der Waals surface area (Å²) in [6.45, 7) is 3.87. The summed E-state index contributed by atoms with van der Waals surface area (Å²) in [5.74, 6) is 0.828. The molecule has 94 valence electrons. The summed E-state index contributed by atoms with van der Waals surface area (Å²) in [7, 11) is 2.03. The van der Waals surface area contributed by atoms with Crippen LogP contribution >= 0.6 is 0 Å². The third-order valence-corrected chi connectivity index (χ3v) is 3.50. The van der Waals surface area contributed by atoms with Gasteiger partial charge in [0.25, 0.3) is 0 Å². The lowest BCUT2D eigenvalue weighted by molar-refractivity contribution is -0.0591. The molecule has 2 rings (SSSR count). The Morgan fingerprint density at radius 3 is 2.88 bits per heavy atom. The first-order chi connectivity index (χ1) is 7.77. The van der Waals surface area contributed by atoms with E-state index in [0.717, 1.165) is 32.1 Å². The van der Waals surface area contributed by atoms with E-state index in [2.05, 4.69) is 4.90 Å². The predicted molar refractivity (Wildman–Crippen MR) is 61.4 cm³/mol. The number of likely N-dealkylation sites (N-methyl/N-ethyl adjacent to an activating group) is 1. The maximum absolute atomic E-state index is 9.83. The van der Waals surface area contributed by atoms with Crippen LogP contribution in [-0.4, -0.2) is 62.2 Å². The fraction of sp³-hybridized carbons (Fsp3) is 1.00. The Morgan fingerprint density at radius 1 is 1.38 bits per heavy atom. The monoisotopic (exact) mass is 229 g/mol. The van der Waals surface area contributed by atoms with Crippen LogP contribution in [0.3, 0.4) is 0 Å². The molecule has 0 spiro atoms. The van der Waals surface area contributed by atoms with Crippen molar-refractivity contribution in [1.82, 2.24) is 4.90 Å². The smallest absolute Gasteiger partial charge is 0.0739 e. The van der Waals surface area contributed by atoms with Gasteiger partial charge in [0, 0.05) is 19.8 Å². The lowest BCUT2D eigenvalue weighted by atomic mass is 10.1. The van der Waals surface area contributed by atoms with Crippen LogP contribution in [0.1, 0.15) is 19.3 Å². The molecule has 0 aromatic carbocycles. The molecule has 0 amide bonds. The lowest BCUT2D eigenvalue weighted by Gasteiger charge is -2.34. The quantitative estimate of drug-likeness (QED) is 0.673. The Hall–Kier alpha value is -0.160. The summed E-state index contributed by atoms with van der Waals surface area (Å²) in [6.07, 6.45) is 3.18. The van der Waals surface area contributed by atoms with Crippen molar-refractivity contribution in [3.05, 3.63) is 0 Å². The number of hydrogen-bond donors (Lipinski definition) is 1. The molecule has 1 aliphatic heterocycles. The third kappa shape index (κ3) is 3.70. The molecule has 1 aliphatic carbocycles. The minimum absolute atomic E-state index is 0.137. The van der Waals surface area contributed by atoms with Crippen molar-refractivity contribution in [2.75, 3.05) is 40.0 Å². The van der Waals surface area contributed by atoms with Crippen molar-refractivity contribution < 1.29 is 14.6 Å². The first kappa shape index (κ1) is 12.3. The van der Waals surface area contributed by atoms with Gasteiger partial charge in [-0.2, -0.15) is 0 Å². The fourth-order valence-electron chi connectivity index (χ4n) is 2.04. The minimum atomic E-state index is -0.248. The van der Waals surface area contributed by atoms with Gasteiger partial charge in [0.15, 0.2) is 0 Å². The second kappa shape index (κ2) is 5.96. The number of aliphatic hydroxyl groups excluding tert-OH is 1. The molecule has 1 N–H and O–H groups in total. The van der Waals surface area contributed by atoms with Gasteiger partial charge in [-0.3, -0.25) is 4.90 Å². The summed E-state index contributed by atoms with van der Waals surface area (Å²) in [5, 5.41) is 9.83. The Balaban J connectivity index is 1.59. The predicted octanol–water partition coefficient (Wildman–Crippen LogP) is 0.495. The van der Waals surface area contributed by atoms with Gasteiger partial charge in [-0.1, -0.05) is 0 Å². The molecular formula is C12H23NO3. The van der Waals surface area contributed by atoms with Gasteiger partial charge < -0.3 is 14.6 Å². The van der Waals surface area contributed by atoms with Crippen LogP contribution in [0.5, 0.6) is 0 Å². The second-order valence-corrected chi connectivity index (χ2v) is 5.00. The van der Waals surface area contributed by atoms with Gasteiger partial charge in [0.2, 0.25) is 0 Å². The Morgan fingerprint density at radius 2 is 2.19 bits per heavy atom. The zero-order valence-electron chi connectivity index (χ0n) is 10.1. The first-order valence-corrected chi connectivity index (χ1v) is 6.31. The Bertz CT molecular complexity index is 208. The lowest BCUT2D eigenvalue weighted by Crippen LogP contribution is -2.48. The van der Waals surface area contributed by atoms with Crippen molar-refractivity contribution in [2.24, 2.45) is 5.92 Å².